The lowest BCUT2D eigenvalue weighted by Gasteiger charge is -2.19. The third-order valence-electron chi connectivity index (χ3n) is 4.48. The lowest BCUT2D eigenvalue weighted by Crippen LogP contribution is -2.27. The van der Waals surface area contributed by atoms with Gasteiger partial charge in [-0.25, -0.2) is 4.98 Å². The van der Waals surface area contributed by atoms with E-state index in [-0.39, 0.29) is 12.5 Å². The summed E-state index contributed by atoms with van der Waals surface area (Å²) >= 11 is 1.62. The van der Waals surface area contributed by atoms with Gasteiger partial charge in [0.25, 0.3) is 0 Å². The van der Waals surface area contributed by atoms with Crippen molar-refractivity contribution in [2.75, 3.05) is 22.9 Å². The highest BCUT2D eigenvalue weighted by molar-refractivity contribution is 7.13. The highest BCUT2D eigenvalue weighted by atomic mass is 32.1. The molecular weight excluding hydrogens is 346 g/mol. The van der Waals surface area contributed by atoms with Crippen LogP contribution in [0, 0.1) is 0 Å². The number of anilines is 3. The van der Waals surface area contributed by atoms with E-state index in [1.54, 1.807) is 11.3 Å². The Balaban J connectivity index is 1.60. The maximum absolute atomic E-state index is 11.5. The number of carbonyl (C=O) groups is 1. The molecule has 0 atom stereocenters. The van der Waals surface area contributed by atoms with Gasteiger partial charge in [0.1, 0.15) is 17.2 Å². The maximum Gasteiger partial charge on any atom is 0.243 e. The Hall–Kier alpha value is -3.32. The van der Waals surface area contributed by atoms with E-state index >= 15 is 0 Å². The van der Waals surface area contributed by atoms with Crippen molar-refractivity contribution in [1.82, 2.24) is 9.38 Å². The zero-order valence-electron chi connectivity index (χ0n) is 13.7. The molecule has 4 aromatic rings. The number of benzene rings is 1. The zero-order chi connectivity index (χ0) is 17.7. The third-order valence-corrected chi connectivity index (χ3v) is 5.35. The number of nitrogen functional groups attached to an aromatic ring is 1. The molecule has 0 aliphatic carbocycles. The first-order valence-corrected chi connectivity index (χ1v) is 9.06. The summed E-state index contributed by atoms with van der Waals surface area (Å²) < 4.78 is 1.92. The van der Waals surface area contributed by atoms with E-state index in [1.807, 2.05) is 58.4 Å². The van der Waals surface area contributed by atoms with Crippen molar-refractivity contribution in [1.29, 1.82) is 0 Å². The van der Waals surface area contributed by atoms with Crippen LogP contribution in [0.4, 0.5) is 17.2 Å². The Kier molecular flexibility index (Phi) is 3.23. The molecule has 7 heteroatoms. The smallest absolute Gasteiger partial charge is 0.243 e. The van der Waals surface area contributed by atoms with Crippen molar-refractivity contribution >= 4 is 40.1 Å². The van der Waals surface area contributed by atoms with Gasteiger partial charge in [-0.2, -0.15) is 0 Å². The van der Waals surface area contributed by atoms with Gasteiger partial charge >= 0.3 is 0 Å². The van der Waals surface area contributed by atoms with Crippen LogP contribution >= 0.6 is 11.3 Å². The fourth-order valence-corrected chi connectivity index (χ4v) is 3.90. The van der Waals surface area contributed by atoms with E-state index in [9.17, 15) is 4.79 Å². The van der Waals surface area contributed by atoms with Gasteiger partial charge in [-0.15, -0.1) is 11.3 Å². The number of rotatable bonds is 2. The Morgan fingerprint density at radius 3 is 2.85 bits per heavy atom. The molecule has 1 aliphatic rings. The second-order valence-corrected chi connectivity index (χ2v) is 7.08. The first-order valence-electron chi connectivity index (χ1n) is 8.19. The fraction of sp³-hybridized carbons (Fsp3) is 0.0526. The lowest BCUT2D eigenvalue weighted by molar-refractivity contribution is -0.114. The minimum absolute atomic E-state index is 0.0287. The summed E-state index contributed by atoms with van der Waals surface area (Å²) in [5, 5.41) is 8.02. The average Bonchev–Trinajstić information content (AvgIpc) is 3.29. The summed E-state index contributed by atoms with van der Waals surface area (Å²) in [4.78, 5) is 17.2. The zero-order valence-corrected chi connectivity index (χ0v) is 14.5. The monoisotopic (exact) mass is 361 g/mol. The number of hydrogen-bond acceptors (Lipinski definition) is 5. The van der Waals surface area contributed by atoms with Crippen molar-refractivity contribution in [2.24, 2.45) is 0 Å². The molecule has 0 fully saturated rings. The fourth-order valence-electron chi connectivity index (χ4n) is 3.18. The quantitative estimate of drug-likeness (QED) is 0.508. The van der Waals surface area contributed by atoms with E-state index in [1.165, 1.54) is 0 Å². The number of nitrogens with two attached hydrogens (primary N) is 1. The number of carbonyl (C=O) groups excluding carboxylic acids is 1. The molecule has 0 bridgehead atoms. The number of nitrogens with zero attached hydrogens (tertiary/aromatic N) is 2. The molecule has 5 rings (SSSR count). The minimum Gasteiger partial charge on any atom is -0.383 e. The van der Waals surface area contributed by atoms with Gasteiger partial charge in [0.05, 0.1) is 22.8 Å². The summed E-state index contributed by atoms with van der Waals surface area (Å²) in [5.74, 6) is 0.603. The van der Waals surface area contributed by atoms with Crippen LogP contribution in [0.5, 0.6) is 0 Å². The summed E-state index contributed by atoms with van der Waals surface area (Å²) in [6, 6.07) is 13.9. The van der Waals surface area contributed by atoms with Crippen LogP contribution in [-0.2, 0) is 4.79 Å². The molecule has 0 radical (unpaired) electrons. The topological polar surface area (TPSA) is 84.4 Å². The SMILES string of the molecule is Nc1c(-c2cccs2)nc2ccc(-c3ccc4c(c3)NCC(=O)N4)cn12. The van der Waals surface area contributed by atoms with Gasteiger partial charge in [-0.3, -0.25) is 9.20 Å². The molecule has 26 heavy (non-hydrogen) atoms. The highest BCUT2D eigenvalue weighted by Gasteiger charge is 2.16. The Labute approximate surface area is 153 Å². The maximum atomic E-state index is 11.5. The first kappa shape index (κ1) is 15.0. The standard InChI is InChI=1S/C19H15N5OS/c20-19-18(15-2-1-7-26-15)23-16-6-4-12(10-24(16)19)11-3-5-13-14(8-11)21-9-17(25)22-13/h1-8,10,21H,9,20H2,(H,22,25). The van der Waals surface area contributed by atoms with Crippen LogP contribution in [-0.4, -0.2) is 21.8 Å². The molecule has 1 aromatic carbocycles. The summed E-state index contributed by atoms with van der Waals surface area (Å²) in [5.41, 5.74) is 11.8. The van der Waals surface area contributed by atoms with Crippen LogP contribution in [0.3, 0.4) is 0 Å². The molecule has 128 valence electrons. The molecule has 3 aromatic heterocycles. The van der Waals surface area contributed by atoms with E-state index in [4.69, 9.17) is 5.73 Å². The Morgan fingerprint density at radius 1 is 1.12 bits per heavy atom. The number of thiophene rings is 1. The van der Waals surface area contributed by atoms with Crippen molar-refractivity contribution in [3.8, 4) is 21.7 Å². The molecule has 4 heterocycles. The van der Waals surface area contributed by atoms with Crippen LogP contribution in [0.2, 0.25) is 0 Å². The van der Waals surface area contributed by atoms with Gasteiger partial charge in [0.2, 0.25) is 5.91 Å². The molecule has 0 spiro atoms. The van der Waals surface area contributed by atoms with Crippen LogP contribution in [0.15, 0.2) is 54.0 Å². The predicted octanol–water partition coefficient (Wildman–Crippen LogP) is 3.68. The molecule has 1 amide bonds. The number of pyridine rings is 1. The third kappa shape index (κ3) is 2.33. The first-order chi connectivity index (χ1) is 12.7. The summed E-state index contributed by atoms with van der Waals surface area (Å²) in [6.07, 6.45) is 2.00. The largest absolute Gasteiger partial charge is 0.383 e. The van der Waals surface area contributed by atoms with E-state index < -0.39 is 0 Å². The van der Waals surface area contributed by atoms with Crippen LogP contribution in [0.1, 0.15) is 0 Å². The molecular formula is C19H15N5OS. The van der Waals surface area contributed by atoms with Gasteiger partial charge in [-0.05, 0) is 46.8 Å². The van der Waals surface area contributed by atoms with Crippen molar-refractivity contribution < 1.29 is 4.79 Å². The normalized spacial score (nSPS) is 13.3. The summed E-state index contributed by atoms with van der Waals surface area (Å²) in [7, 11) is 0. The summed E-state index contributed by atoms with van der Waals surface area (Å²) in [6.45, 7) is 0.286. The van der Waals surface area contributed by atoms with Gasteiger partial charge in [-0.1, -0.05) is 12.1 Å². The molecule has 6 nitrogen and oxygen atoms in total. The lowest BCUT2D eigenvalue weighted by atomic mass is 10.1. The van der Waals surface area contributed by atoms with Gasteiger partial charge in [0.15, 0.2) is 0 Å². The van der Waals surface area contributed by atoms with E-state index in [0.29, 0.717) is 5.82 Å². The predicted molar refractivity (Wildman–Crippen MR) is 105 cm³/mol. The van der Waals surface area contributed by atoms with E-state index in [0.717, 1.165) is 38.7 Å². The molecule has 0 unspecified atom stereocenters. The van der Waals surface area contributed by atoms with Gasteiger partial charge < -0.3 is 16.4 Å². The van der Waals surface area contributed by atoms with Crippen molar-refractivity contribution in [3.63, 3.8) is 0 Å². The number of aromatic nitrogens is 2. The second-order valence-electron chi connectivity index (χ2n) is 6.13. The van der Waals surface area contributed by atoms with Crippen molar-refractivity contribution in [2.45, 2.75) is 0 Å². The van der Waals surface area contributed by atoms with Gasteiger partial charge in [0, 0.05) is 6.20 Å². The minimum atomic E-state index is -0.0287. The average molecular weight is 361 g/mol. The number of nitrogens with one attached hydrogen (secondary N) is 2. The van der Waals surface area contributed by atoms with Crippen LogP contribution < -0.4 is 16.4 Å². The second kappa shape index (κ2) is 5.60. The molecule has 0 saturated heterocycles. The number of amides is 1. The number of imidazole rings is 1. The Bertz CT molecular complexity index is 1150. The highest BCUT2D eigenvalue weighted by Crippen LogP contribution is 2.33. The molecule has 1 aliphatic heterocycles. The Morgan fingerprint density at radius 2 is 2.00 bits per heavy atom. The number of hydrogen-bond donors (Lipinski definition) is 3. The van der Waals surface area contributed by atoms with Crippen LogP contribution in [0.25, 0.3) is 27.3 Å². The molecule has 0 saturated carbocycles. The number of fused-ring (bicyclic) bond motifs is 2. The van der Waals surface area contributed by atoms with Crippen molar-refractivity contribution in [3.05, 3.63) is 54.0 Å². The molecule has 4 N–H and O–H groups in total. The van der Waals surface area contributed by atoms with E-state index in [2.05, 4.69) is 15.6 Å².